The van der Waals surface area contributed by atoms with Crippen molar-refractivity contribution in [2.75, 3.05) is 19.6 Å². The molecule has 2 aliphatic heterocycles. The van der Waals surface area contributed by atoms with Crippen LogP contribution in [0.2, 0.25) is 0 Å². The molecule has 242 valence electrons. The molecule has 2 saturated heterocycles. The summed E-state index contributed by atoms with van der Waals surface area (Å²) >= 11 is 0. The maximum atomic E-state index is 14.0. The third-order valence-corrected chi connectivity index (χ3v) is 14.1. The first-order valence-electron chi connectivity index (χ1n) is 17.9. The van der Waals surface area contributed by atoms with Crippen LogP contribution in [0.1, 0.15) is 104 Å². The number of piperidine rings is 1. The highest BCUT2D eigenvalue weighted by atomic mass is 16.5. The van der Waals surface area contributed by atoms with Crippen molar-refractivity contribution in [3.05, 3.63) is 29.9 Å². The largest absolute Gasteiger partial charge is 0.481 e. The molecule has 5 fully saturated rings. The lowest BCUT2D eigenvalue weighted by Crippen LogP contribution is -2.65. The number of fused-ring (bicyclic) bond motifs is 2. The number of carboxylic acids is 1. The zero-order valence-corrected chi connectivity index (χ0v) is 27.7. The number of rotatable bonds is 10. The van der Waals surface area contributed by atoms with Crippen LogP contribution >= 0.6 is 0 Å². The zero-order valence-electron chi connectivity index (χ0n) is 27.7. The van der Waals surface area contributed by atoms with E-state index in [1.807, 2.05) is 12.4 Å². The maximum absolute atomic E-state index is 14.0. The standard InChI is InChI=1S/C37H55N3O4/c1-6-7-8-26-17-32(44-31(26)21-40-14-11-25(12-15-40)33-38-13-16-39(33)5)36-20-28-24(4)9-10-29(28)35(22-41)19-27(36)18-30(23(2)3)37(35,36)34(42)43/h13,16,18,22-29,31-32H,6-12,14-15,17,19-21H2,1-5H3,(H,42,43)/t24-,26?,27?,28-,29-,31?,32?,35?,36?,37?/m1/s1. The number of allylic oxidation sites excluding steroid dienone is 1. The van der Waals surface area contributed by atoms with Crippen LogP contribution in [0.25, 0.3) is 0 Å². The predicted molar refractivity (Wildman–Crippen MR) is 170 cm³/mol. The molecule has 7 heteroatoms. The molecule has 44 heavy (non-hydrogen) atoms. The summed E-state index contributed by atoms with van der Waals surface area (Å²) in [6.45, 7) is 11.9. The number of hydrogen-bond acceptors (Lipinski definition) is 5. The second kappa shape index (κ2) is 11.1. The molecule has 1 aromatic heterocycles. The summed E-state index contributed by atoms with van der Waals surface area (Å²) in [5.74, 6) is 2.67. The number of aliphatic carboxylic acids is 1. The van der Waals surface area contributed by atoms with Gasteiger partial charge in [-0.3, -0.25) is 4.79 Å². The number of imidazole rings is 1. The zero-order chi connectivity index (χ0) is 31.0. The summed E-state index contributed by atoms with van der Waals surface area (Å²) in [6.07, 6.45) is 17.7. The van der Waals surface area contributed by atoms with Crippen LogP contribution in [0.15, 0.2) is 24.0 Å². The molecule has 7 rings (SSSR count). The number of carbonyl (C=O) groups excluding carboxylic acids is 1. The van der Waals surface area contributed by atoms with Crippen molar-refractivity contribution < 1.29 is 19.4 Å². The van der Waals surface area contributed by atoms with Gasteiger partial charge in [0.15, 0.2) is 0 Å². The van der Waals surface area contributed by atoms with E-state index in [1.165, 1.54) is 12.2 Å². The van der Waals surface area contributed by atoms with Crippen LogP contribution in [-0.4, -0.2) is 63.7 Å². The van der Waals surface area contributed by atoms with Gasteiger partial charge in [0.1, 0.15) is 17.5 Å². The third-order valence-electron chi connectivity index (χ3n) is 14.1. The molecule has 0 aromatic carbocycles. The second-order valence-electron chi connectivity index (χ2n) is 16.1. The lowest BCUT2D eigenvalue weighted by molar-refractivity contribution is -0.197. The van der Waals surface area contributed by atoms with E-state index in [1.54, 1.807) is 0 Å². The van der Waals surface area contributed by atoms with Crippen molar-refractivity contribution in [3.8, 4) is 0 Å². The number of ether oxygens (including phenoxy) is 1. The van der Waals surface area contributed by atoms with Crippen LogP contribution in [0.5, 0.6) is 0 Å². The molecule has 7 nitrogen and oxygen atoms in total. The molecule has 7 unspecified atom stereocenters. The fourth-order valence-corrected chi connectivity index (χ4v) is 12.4. The average Bonchev–Trinajstić information content (AvgIpc) is 3.80. The van der Waals surface area contributed by atoms with Crippen molar-refractivity contribution >= 4 is 12.3 Å². The van der Waals surface area contributed by atoms with Gasteiger partial charge in [0, 0.05) is 37.3 Å². The quantitative estimate of drug-likeness (QED) is 0.243. The fourth-order valence-electron chi connectivity index (χ4n) is 12.4. The molecule has 3 heterocycles. The topological polar surface area (TPSA) is 84.7 Å². The predicted octanol–water partition coefficient (Wildman–Crippen LogP) is 6.49. The third kappa shape index (κ3) is 3.96. The van der Waals surface area contributed by atoms with Gasteiger partial charge in [-0.05, 0) is 93.5 Å². The van der Waals surface area contributed by atoms with Crippen LogP contribution in [-0.2, 0) is 21.4 Å². The highest BCUT2D eigenvalue weighted by molar-refractivity contribution is 5.90. The minimum atomic E-state index is -1.15. The van der Waals surface area contributed by atoms with Gasteiger partial charge >= 0.3 is 5.97 Å². The lowest BCUT2D eigenvalue weighted by Gasteiger charge is -2.60. The van der Waals surface area contributed by atoms with E-state index in [-0.39, 0.29) is 30.0 Å². The number of aromatic nitrogens is 2. The van der Waals surface area contributed by atoms with Crippen LogP contribution in [0, 0.1) is 51.8 Å². The Labute approximate surface area is 264 Å². The van der Waals surface area contributed by atoms with Gasteiger partial charge < -0.3 is 24.1 Å². The molecule has 6 aliphatic rings. The SMILES string of the molecule is CCCCC1CC(C23C[C@@H]4[C@H](C)CC[C@H]4C4(C=O)CC2C=C(C(C)C)C34C(=O)O)OC1CN1CCC(c2nccn2C)CC1. The molecule has 4 aliphatic carbocycles. The molecule has 3 saturated carbocycles. The molecule has 0 radical (unpaired) electrons. The summed E-state index contributed by atoms with van der Waals surface area (Å²) in [7, 11) is 2.09. The summed E-state index contributed by atoms with van der Waals surface area (Å²) in [4.78, 5) is 34.8. The molecule has 1 N–H and O–H groups in total. The molecule has 0 spiro atoms. The molecular weight excluding hydrogens is 550 g/mol. The van der Waals surface area contributed by atoms with E-state index >= 15 is 0 Å². The minimum Gasteiger partial charge on any atom is -0.481 e. The van der Waals surface area contributed by atoms with Gasteiger partial charge in [-0.1, -0.05) is 58.6 Å². The number of carbonyl (C=O) groups is 2. The van der Waals surface area contributed by atoms with E-state index < -0.39 is 22.2 Å². The first-order valence-corrected chi connectivity index (χ1v) is 17.9. The van der Waals surface area contributed by atoms with Crippen molar-refractivity contribution in [2.24, 2.45) is 58.8 Å². The van der Waals surface area contributed by atoms with Crippen LogP contribution < -0.4 is 0 Å². The Morgan fingerprint density at radius 3 is 2.61 bits per heavy atom. The number of aryl methyl sites for hydroxylation is 1. The minimum absolute atomic E-state index is 0.0959. The molecule has 4 bridgehead atoms. The Morgan fingerprint density at radius 2 is 1.98 bits per heavy atom. The maximum Gasteiger partial charge on any atom is 0.315 e. The van der Waals surface area contributed by atoms with Crippen molar-refractivity contribution in [2.45, 2.75) is 110 Å². The molecule has 10 atom stereocenters. The fraction of sp³-hybridized carbons (Fsp3) is 0.811. The van der Waals surface area contributed by atoms with Gasteiger partial charge in [0.05, 0.1) is 17.6 Å². The van der Waals surface area contributed by atoms with Gasteiger partial charge in [-0.15, -0.1) is 0 Å². The van der Waals surface area contributed by atoms with Gasteiger partial charge in [0.25, 0.3) is 0 Å². The Balaban J connectivity index is 1.21. The number of aldehydes is 1. The van der Waals surface area contributed by atoms with E-state index in [9.17, 15) is 14.7 Å². The van der Waals surface area contributed by atoms with E-state index in [4.69, 9.17) is 4.74 Å². The lowest BCUT2D eigenvalue weighted by atomic mass is 9.41. The summed E-state index contributed by atoms with van der Waals surface area (Å²) in [6, 6.07) is 0. The van der Waals surface area contributed by atoms with E-state index in [2.05, 4.69) is 55.3 Å². The van der Waals surface area contributed by atoms with Gasteiger partial charge in [-0.2, -0.15) is 0 Å². The highest BCUT2D eigenvalue weighted by Crippen LogP contribution is 2.84. The van der Waals surface area contributed by atoms with Gasteiger partial charge in [-0.25, -0.2) is 4.98 Å². The molecule has 1 aromatic rings. The van der Waals surface area contributed by atoms with Crippen molar-refractivity contribution in [1.82, 2.24) is 14.5 Å². The number of unbranched alkanes of at least 4 members (excludes halogenated alkanes) is 1. The first-order chi connectivity index (χ1) is 21.1. The monoisotopic (exact) mass is 605 g/mol. The Kier molecular flexibility index (Phi) is 7.71. The normalized spacial score (nSPS) is 43.5. The number of carboxylic acid groups (broad SMARTS) is 1. The summed E-state index contributed by atoms with van der Waals surface area (Å²) < 4.78 is 9.50. The van der Waals surface area contributed by atoms with Crippen LogP contribution in [0.3, 0.4) is 0 Å². The molecule has 0 amide bonds. The van der Waals surface area contributed by atoms with E-state index in [0.29, 0.717) is 30.1 Å². The Morgan fingerprint density at radius 1 is 1.20 bits per heavy atom. The summed E-state index contributed by atoms with van der Waals surface area (Å²) in [5.41, 5.74) is -1.48. The first kappa shape index (κ1) is 30.7. The van der Waals surface area contributed by atoms with E-state index in [0.717, 1.165) is 82.9 Å². The summed E-state index contributed by atoms with van der Waals surface area (Å²) in [5, 5.41) is 11.5. The number of likely N-dealkylation sites (tertiary alicyclic amines) is 1. The van der Waals surface area contributed by atoms with Crippen molar-refractivity contribution in [3.63, 3.8) is 0 Å². The van der Waals surface area contributed by atoms with Gasteiger partial charge in [0.2, 0.25) is 0 Å². The Bertz CT molecular complexity index is 1300. The van der Waals surface area contributed by atoms with Crippen molar-refractivity contribution in [1.29, 1.82) is 0 Å². The Hall–Kier alpha value is -1.99. The average molecular weight is 606 g/mol. The number of hydrogen-bond donors (Lipinski definition) is 1. The second-order valence-corrected chi connectivity index (χ2v) is 16.1. The number of nitrogens with zero attached hydrogens (tertiary/aromatic N) is 3. The highest BCUT2D eigenvalue weighted by Gasteiger charge is 2.86. The molecular formula is C37H55N3O4. The smallest absolute Gasteiger partial charge is 0.315 e. The van der Waals surface area contributed by atoms with Crippen LogP contribution in [0.4, 0.5) is 0 Å².